The van der Waals surface area contributed by atoms with E-state index in [4.69, 9.17) is 0 Å². The van der Waals surface area contributed by atoms with Crippen LogP contribution in [0, 0.1) is 0 Å². The highest BCUT2D eigenvalue weighted by Crippen LogP contribution is 2.36. The predicted octanol–water partition coefficient (Wildman–Crippen LogP) is 3.63. The Kier molecular flexibility index (Phi) is 4.00. The SMILES string of the molecule is O=Cc1ccc(Br)c(OC(F)F)c1Br. The van der Waals surface area contributed by atoms with Gasteiger partial charge in [0.25, 0.3) is 0 Å². The average Bonchev–Trinajstić information content (AvgIpc) is 2.12. The Balaban J connectivity index is 3.18. The summed E-state index contributed by atoms with van der Waals surface area (Å²) < 4.78 is 28.7. The Bertz CT molecular complexity index is 355. The van der Waals surface area contributed by atoms with E-state index < -0.39 is 6.61 Å². The van der Waals surface area contributed by atoms with Gasteiger partial charge in [0.1, 0.15) is 0 Å². The molecule has 1 rings (SSSR count). The lowest BCUT2D eigenvalue weighted by atomic mass is 10.2. The van der Waals surface area contributed by atoms with Gasteiger partial charge in [-0.05, 0) is 44.0 Å². The molecule has 0 bridgehead atoms. The van der Waals surface area contributed by atoms with Gasteiger partial charge in [0.15, 0.2) is 12.0 Å². The predicted molar refractivity (Wildman–Crippen MR) is 53.9 cm³/mol. The second-order valence-corrected chi connectivity index (χ2v) is 3.92. The van der Waals surface area contributed by atoms with E-state index in [1.54, 1.807) is 0 Å². The molecule has 0 heterocycles. The summed E-state index contributed by atoms with van der Waals surface area (Å²) in [7, 11) is 0. The van der Waals surface area contributed by atoms with Crippen LogP contribution >= 0.6 is 31.9 Å². The Morgan fingerprint density at radius 3 is 2.50 bits per heavy atom. The fraction of sp³-hybridized carbons (Fsp3) is 0.125. The maximum absolute atomic E-state index is 12.0. The van der Waals surface area contributed by atoms with Crippen molar-refractivity contribution in [2.45, 2.75) is 6.61 Å². The van der Waals surface area contributed by atoms with E-state index in [0.29, 0.717) is 10.8 Å². The molecule has 0 aliphatic carbocycles. The van der Waals surface area contributed by atoms with Crippen LogP contribution in [0.1, 0.15) is 10.4 Å². The summed E-state index contributed by atoms with van der Waals surface area (Å²) >= 11 is 6.04. The first kappa shape index (κ1) is 11.6. The number of halogens is 4. The molecule has 0 aliphatic rings. The Labute approximate surface area is 95.5 Å². The minimum atomic E-state index is -2.93. The van der Waals surface area contributed by atoms with E-state index in [1.165, 1.54) is 12.1 Å². The van der Waals surface area contributed by atoms with Crippen molar-refractivity contribution in [1.29, 1.82) is 0 Å². The van der Waals surface area contributed by atoms with Crippen LogP contribution in [0.25, 0.3) is 0 Å². The Hall–Kier alpha value is -0.490. The topological polar surface area (TPSA) is 26.3 Å². The molecule has 2 nitrogen and oxygen atoms in total. The molecule has 0 amide bonds. The lowest BCUT2D eigenvalue weighted by Crippen LogP contribution is -2.04. The molecule has 1 aromatic rings. The summed E-state index contributed by atoms with van der Waals surface area (Å²) in [6, 6.07) is 2.95. The first-order valence-corrected chi connectivity index (χ1v) is 5.03. The second-order valence-electron chi connectivity index (χ2n) is 2.28. The van der Waals surface area contributed by atoms with Crippen LogP contribution < -0.4 is 4.74 Å². The molecular formula is C8H4Br2F2O2. The van der Waals surface area contributed by atoms with Gasteiger partial charge in [-0.1, -0.05) is 0 Å². The monoisotopic (exact) mass is 328 g/mol. The molecule has 0 radical (unpaired) electrons. The van der Waals surface area contributed by atoms with Crippen LogP contribution in [0.2, 0.25) is 0 Å². The maximum atomic E-state index is 12.0. The molecule has 0 atom stereocenters. The molecule has 0 saturated heterocycles. The van der Waals surface area contributed by atoms with Crippen LogP contribution in [-0.2, 0) is 0 Å². The van der Waals surface area contributed by atoms with E-state index >= 15 is 0 Å². The minimum Gasteiger partial charge on any atom is -0.432 e. The van der Waals surface area contributed by atoms with Crippen LogP contribution in [0.4, 0.5) is 8.78 Å². The number of aldehydes is 1. The van der Waals surface area contributed by atoms with E-state index in [-0.39, 0.29) is 15.8 Å². The first-order chi connectivity index (χ1) is 6.56. The summed E-state index contributed by atoms with van der Waals surface area (Å²) in [5, 5.41) is 0. The van der Waals surface area contributed by atoms with Gasteiger partial charge in [-0.15, -0.1) is 0 Å². The highest BCUT2D eigenvalue weighted by molar-refractivity contribution is 9.11. The van der Waals surface area contributed by atoms with Crippen LogP contribution in [0.15, 0.2) is 21.1 Å². The van der Waals surface area contributed by atoms with Crippen molar-refractivity contribution in [3.8, 4) is 5.75 Å². The van der Waals surface area contributed by atoms with Crippen molar-refractivity contribution in [2.75, 3.05) is 0 Å². The normalized spacial score (nSPS) is 10.4. The van der Waals surface area contributed by atoms with Gasteiger partial charge in [-0.3, -0.25) is 4.79 Å². The van der Waals surface area contributed by atoms with Crippen molar-refractivity contribution in [2.24, 2.45) is 0 Å². The van der Waals surface area contributed by atoms with Gasteiger partial charge in [-0.25, -0.2) is 0 Å². The van der Waals surface area contributed by atoms with Crippen molar-refractivity contribution < 1.29 is 18.3 Å². The summed E-state index contributed by atoms with van der Waals surface area (Å²) in [5.41, 5.74) is 0.254. The van der Waals surface area contributed by atoms with Gasteiger partial charge in [0.05, 0.1) is 8.95 Å². The third-order valence-corrected chi connectivity index (χ3v) is 2.86. The van der Waals surface area contributed by atoms with E-state index in [1.807, 2.05) is 0 Å². The van der Waals surface area contributed by atoms with Gasteiger partial charge >= 0.3 is 6.61 Å². The van der Waals surface area contributed by atoms with Crippen molar-refractivity contribution in [1.82, 2.24) is 0 Å². The third kappa shape index (κ3) is 2.51. The van der Waals surface area contributed by atoms with Gasteiger partial charge in [0.2, 0.25) is 0 Å². The van der Waals surface area contributed by atoms with Gasteiger partial charge in [0, 0.05) is 5.56 Å². The first-order valence-electron chi connectivity index (χ1n) is 3.44. The molecule has 76 valence electrons. The van der Waals surface area contributed by atoms with E-state index in [2.05, 4.69) is 36.6 Å². The Morgan fingerprint density at radius 1 is 1.36 bits per heavy atom. The number of ether oxygens (including phenoxy) is 1. The fourth-order valence-corrected chi connectivity index (χ4v) is 2.06. The molecule has 0 N–H and O–H groups in total. The molecule has 0 aromatic heterocycles. The summed E-state index contributed by atoms with van der Waals surface area (Å²) in [4.78, 5) is 10.5. The number of rotatable bonds is 3. The number of hydrogen-bond donors (Lipinski definition) is 0. The van der Waals surface area contributed by atoms with Crippen molar-refractivity contribution in [3.63, 3.8) is 0 Å². The minimum absolute atomic E-state index is 0.0791. The highest BCUT2D eigenvalue weighted by Gasteiger charge is 2.14. The number of alkyl halides is 2. The van der Waals surface area contributed by atoms with Gasteiger partial charge in [-0.2, -0.15) is 8.78 Å². The number of hydrogen-bond acceptors (Lipinski definition) is 2. The largest absolute Gasteiger partial charge is 0.432 e. The molecule has 1 aromatic carbocycles. The molecule has 0 spiro atoms. The molecular weight excluding hydrogens is 326 g/mol. The molecule has 0 unspecified atom stereocenters. The third-order valence-electron chi connectivity index (χ3n) is 1.41. The molecule has 0 aliphatic heterocycles. The van der Waals surface area contributed by atoms with E-state index in [9.17, 15) is 13.6 Å². The summed E-state index contributed by atoms with van der Waals surface area (Å²) in [6.45, 7) is -2.93. The highest BCUT2D eigenvalue weighted by atomic mass is 79.9. The zero-order chi connectivity index (χ0) is 10.7. The van der Waals surface area contributed by atoms with E-state index in [0.717, 1.165) is 0 Å². The van der Waals surface area contributed by atoms with Crippen LogP contribution in [-0.4, -0.2) is 12.9 Å². The summed E-state index contributed by atoms with van der Waals surface area (Å²) in [5.74, 6) is -0.0791. The lowest BCUT2D eigenvalue weighted by Gasteiger charge is -2.09. The quantitative estimate of drug-likeness (QED) is 0.792. The van der Waals surface area contributed by atoms with Crippen LogP contribution in [0.5, 0.6) is 5.75 Å². The van der Waals surface area contributed by atoms with Crippen LogP contribution in [0.3, 0.4) is 0 Å². The summed E-state index contributed by atoms with van der Waals surface area (Å²) in [6.07, 6.45) is 0.550. The second kappa shape index (κ2) is 4.84. The van der Waals surface area contributed by atoms with Crippen molar-refractivity contribution in [3.05, 3.63) is 26.6 Å². The smallest absolute Gasteiger partial charge is 0.387 e. The standard InChI is InChI=1S/C8H4Br2F2O2/c9-5-2-1-4(3-13)6(10)7(5)14-8(11)12/h1-3,8H. The molecule has 0 saturated carbocycles. The zero-order valence-corrected chi connectivity index (χ0v) is 9.81. The molecule has 6 heteroatoms. The molecule has 0 fully saturated rings. The Morgan fingerprint density at radius 2 is 2.00 bits per heavy atom. The zero-order valence-electron chi connectivity index (χ0n) is 6.64. The number of carbonyl (C=O) groups excluding carboxylic acids is 1. The number of benzene rings is 1. The lowest BCUT2D eigenvalue weighted by molar-refractivity contribution is -0.0509. The molecule has 14 heavy (non-hydrogen) atoms. The van der Waals surface area contributed by atoms with Gasteiger partial charge < -0.3 is 4.74 Å². The maximum Gasteiger partial charge on any atom is 0.387 e. The van der Waals surface area contributed by atoms with Crippen molar-refractivity contribution >= 4 is 38.1 Å². The fourth-order valence-electron chi connectivity index (χ4n) is 0.836. The average molecular weight is 330 g/mol. The number of carbonyl (C=O) groups is 1.